The summed E-state index contributed by atoms with van der Waals surface area (Å²) in [5.74, 6) is -2.07. The van der Waals surface area contributed by atoms with Crippen molar-refractivity contribution in [2.45, 2.75) is 13.0 Å². The lowest BCUT2D eigenvalue weighted by molar-refractivity contribution is -0.117. The molecular formula is C22H20F2N6OS. The van der Waals surface area contributed by atoms with Crippen molar-refractivity contribution in [3.05, 3.63) is 77.7 Å². The monoisotopic (exact) mass is 454 g/mol. The van der Waals surface area contributed by atoms with Crippen LogP contribution in [-0.2, 0) is 4.79 Å². The van der Waals surface area contributed by atoms with E-state index in [0.29, 0.717) is 16.4 Å². The summed E-state index contributed by atoms with van der Waals surface area (Å²) >= 11 is 1.22. The summed E-state index contributed by atoms with van der Waals surface area (Å²) in [4.78, 5) is 22.7. The lowest BCUT2D eigenvalue weighted by atomic mass is 10.1. The number of hydrogen-bond donors (Lipinski definition) is 1. The van der Waals surface area contributed by atoms with E-state index in [2.05, 4.69) is 20.4 Å². The average molecular weight is 455 g/mol. The van der Waals surface area contributed by atoms with Crippen molar-refractivity contribution in [3.8, 4) is 16.9 Å². The molecule has 1 amide bonds. The molecule has 0 aliphatic heterocycles. The van der Waals surface area contributed by atoms with Crippen LogP contribution >= 0.6 is 11.3 Å². The van der Waals surface area contributed by atoms with Crippen molar-refractivity contribution in [3.63, 3.8) is 0 Å². The van der Waals surface area contributed by atoms with Crippen LogP contribution in [0.3, 0.4) is 0 Å². The van der Waals surface area contributed by atoms with Gasteiger partial charge in [-0.25, -0.2) is 23.4 Å². The lowest BCUT2D eigenvalue weighted by Gasteiger charge is -2.24. The number of likely N-dealkylation sites (N-methyl/N-ethyl adjacent to an activating group) is 1. The van der Waals surface area contributed by atoms with Gasteiger partial charge in [0, 0.05) is 17.0 Å². The first-order valence-electron chi connectivity index (χ1n) is 9.76. The highest BCUT2D eigenvalue weighted by molar-refractivity contribution is 7.14. The van der Waals surface area contributed by atoms with Crippen LogP contribution in [0.5, 0.6) is 0 Å². The molecule has 2 aromatic heterocycles. The zero-order valence-electron chi connectivity index (χ0n) is 17.4. The molecule has 2 aromatic carbocycles. The third-order valence-corrected chi connectivity index (χ3v) is 5.84. The number of benzene rings is 2. The second-order valence-electron chi connectivity index (χ2n) is 7.24. The molecule has 4 rings (SSSR count). The standard InChI is InChI=1S/C22H20F2N6OS/c1-14(15-3-6-17(7-4-15)30-13-25-12-26-30)29(2)10-21(31)28-22-27-20(11-32-22)16-5-8-18(23)19(24)9-16/h3-9,11-14H,10H2,1-2H3,(H,27,28,31). The summed E-state index contributed by atoms with van der Waals surface area (Å²) in [5, 5.41) is 8.95. The van der Waals surface area contributed by atoms with Crippen LogP contribution in [0.4, 0.5) is 13.9 Å². The van der Waals surface area contributed by atoms with Crippen LogP contribution in [0.1, 0.15) is 18.5 Å². The number of hydrogen-bond acceptors (Lipinski definition) is 6. The summed E-state index contributed by atoms with van der Waals surface area (Å²) < 4.78 is 28.3. The summed E-state index contributed by atoms with van der Waals surface area (Å²) in [5.41, 5.74) is 2.87. The molecule has 1 atom stereocenters. The maximum Gasteiger partial charge on any atom is 0.240 e. The van der Waals surface area contributed by atoms with E-state index in [-0.39, 0.29) is 18.5 Å². The topological polar surface area (TPSA) is 75.9 Å². The van der Waals surface area contributed by atoms with E-state index in [4.69, 9.17) is 0 Å². The molecule has 0 aliphatic rings. The Labute approximate surface area is 187 Å². The minimum atomic E-state index is -0.939. The summed E-state index contributed by atoms with van der Waals surface area (Å²) in [7, 11) is 1.87. The number of rotatable bonds is 7. The first-order chi connectivity index (χ1) is 15.4. The van der Waals surface area contributed by atoms with Gasteiger partial charge in [-0.3, -0.25) is 9.69 Å². The maximum atomic E-state index is 13.5. The predicted octanol–water partition coefficient (Wildman–Crippen LogP) is 4.30. The zero-order chi connectivity index (χ0) is 22.7. The molecule has 0 bridgehead atoms. The van der Waals surface area contributed by atoms with Crippen molar-refractivity contribution in [2.24, 2.45) is 0 Å². The molecule has 0 fully saturated rings. The quantitative estimate of drug-likeness (QED) is 0.451. The van der Waals surface area contributed by atoms with E-state index in [1.54, 1.807) is 16.4 Å². The van der Waals surface area contributed by atoms with E-state index in [1.165, 1.54) is 23.7 Å². The average Bonchev–Trinajstić information content (AvgIpc) is 3.48. The van der Waals surface area contributed by atoms with Gasteiger partial charge in [0.25, 0.3) is 0 Å². The van der Waals surface area contributed by atoms with Gasteiger partial charge in [-0.15, -0.1) is 11.3 Å². The van der Waals surface area contributed by atoms with Gasteiger partial charge in [-0.2, -0.15) is 5.10 Å². The fraction of sp³-hybridized carbons (Fsp3) is 0.182. The SMILES string of the molecule is CC(c1ccc(-n2cncn2)cc1)N(C)CC(=O)Nc1nc(-c2ccc(F)c(F)c2)cs1. The van der Waals surface area contributed by atoms with Crippen LogP contribution in [0.25, 0.3) is 16.9 Å². The number of thiazole rings is 1. The van der Waals surface area contributed by atoms with E-state index in [0.717, 1.165) is 23.4 Å². The molecule has 32 heavy (non-hydrogen) atoms. The van der Waals surface area contributed by atoms with Gasteiger partial charge in [-0.05, 0) is 49.9 Å². The van der Waals surface area contributed by atoms with Crippen molar-refractivity contribution in [1.82, 2.24) is 24.6 Å². The van der Waals surface area contributed by atoms with Gasteiger partial charge in [0.05, 0.1) is 17.9 Å². The Hall–Kier alpha value is -3.50. The van der Waals surface area contributed by atoms with E-state index in [9.17, 15) is 13.6 Å². The maximum absolute atomic E-state index is 13.5. The molecule has 1 unspecified atom stereocenters. The summed E-state index contributed by atoms with van der Waals surface area (Å²) in [6.07, 6.45) is 3.11. The smallest absolute Gasteiger partial charge is 0.240 e. The summed E-state index contributed by atoms with van der Waals surface area (Å²) in [6, 6.07) is 11.5. The molecule has 0 aliphatic carbocycles. The number of halogens is 2. The molecule has 0 saturated carbocycles. The Bertz CT molecular complexity index is 1210. The van der Waals surface area contributed by atoms with E-state index in [1.807, 2.05) is 43.1 Å². The molecule has 4 aromatic rings. The summed E-state index contributed by atoms with van der Waals surface area (Å²) in [6.45, 7) is 2.18. The highest BCUT2D eigenvalue weighted by Crippen LogP contribution is 2.26. The van der Waals surface area contributed by atoms with Crippen molar-refractivity contribution in [1.29, 1.82) is 0 Å². The third-order valence-electron chi connectivity index (χ3n) is 5.08. The number of anilines is 1. The number of nitrogens with one attached hydrogen (secondary N) is 1. The number of nitrogens with zero attached hydrogens (tertiary/aromatic N) is 5. The first kappa shape index (κ1) is 21.7. The minimum Gasteiger partial charge on any atom is -0.301 e. The Morgan fingerprint density at radius 2 is 1.97 bits per heavy atom. The minimum absolute atomic E-state index is 0.000377. The van der Waals surface area contributed by atoms with Crippen LogP contribution in [0.15, 0.2) is 60.5 Å². The Morgan fingerprint density at radius 1 is 1.19 bits per heavy atom. The fourth-order valence-electron chi connectivity index (χ4n) is 3.14. The van der Waals surface area contributed by atoms with Crippen LogP contribution in [-0.4, -0.2) is 44.1 Å². The third kappa shape index (κ3) is 4.87. The van der Waals surface area contributed by atoms with Crippen LogP contribution < -0.4 is 5.32 Å². The van der Waals surface area contributed by atoms with Crippen molar-refractivity contribution < 1.29 is 13.6 Å². The highest BCUT2D eigenvalue weighted by Gasteiger charge is 2.16. The molecule has 0 spiro atoms. The Kier molecular flexibility index (Phi) is 6.33. The number of amides is 1. The first-order valence-corrected chi connectivity index (χ1v) is 10.6. The van der Waals surface area contributed by atoms with Gasteiger partial charge in [-0.1, -0.05) is 12.1 Å². The van der Waals surface area contributed by atoms with Gasteiger partial charge in [0.1, 0.15) is 12.7 Å². The van der Waals surface area contributed by atoms with Crippen LogP contribution in [0.2, 0.25) is 0 Å². The van der Waals surface area contributed by atoms with Crippen molar-refractivity contribution in [2.75, 3.05) is 18.9 Å². The predicted molar refractivity (Wildman–Crippen MR) is 118 cm³/mol. The molecular weight excluding hydrogens is 434 g/mol. The number of carbonyl (C=O) groups is 1. The molecule has 0 radical (unpaired) electrons. The number of carbonyl (C=O) groups excluding carboxylic acids is 1. The molecule has 2 heterocycles. The Balaban J connectivity index is 1.35. The highest BCUT2D eigenvalue weighted by atomic mass is 32.1. The van der Waals surface area contributed by atoms with Gasteiger partial charge >= 0.3 is 0 Å². The van der Waals surface area contributed by atoms with Gasteiger partial charge in [0.2, 0.25) is 5.91 Å². The Morgan fingerprint density at radius 3 is 2.66 bits per heavy atom. The van der Waals surface area contributed by atoms with E-state index >= 15 is 0 Å². The second kappa shape index (κ2) is 9.33. The van der Waals surface area contributed by atoms with Crippen LogP contribution in [0, 0.1) is 11.6 Å². The molecule has 164 valence electrons. The van der Waals surface area contributed by atoms with E-state index < -0.39 is 11.6 Å². The molecule has 7 nitrogen and oxygen atoms in total. The molecule has 10 heteroatoms. The van der Waals surface area contributed by atoms with Crippen molar-refractivity contribution >= 4 is 22.4 Å². The molecule has 0 saturated heterocycles. The second-order valence-corrected chi connectivity index (χ2v) is 8.10. The molecule has 1 N–H and O–H groups in total. The lowest BCUT2D eigenvalue weighted by Crippen LogP contribution is -2.32. The number of aromatic nitrogens is 4. The fourth-order valence-corrected chi connectivity index (χ4v) is 3.88. The largest absolute Gasteiger partial charge is 0.301 e. The van der Waals surface area contributed by atoms with Gasteiger partial charge < -0.3 is 5.32 Å². The normalized spacial score (nSPS) is 12.2. The van der Waals surface area contributed by atoms with Gasteiger partial charge in [0.15, 0.2) is 16.8 Å². The zero-order valence-corrected chi connectivity index (χ0v) is 18.2.